The molecule has 1 aromatic carbocycles. The average Bonchev–Trinajstić information content (AvgIpc) is 3.12. The first-order chi connectivity index (χ1) is 17.8. The highest BCUT2D eigenvalue weighted by molar-refractivity contribution is 5.90. The van der Waals surface area contributed by atoms with Crippen molar-refractivity contribution in [2.75, 3.05) is 19.6 Å². The molecule has 3 rings (SSSR count). The zero-order valence-corrected chi connectivity index (χ0v) is 22.2. The van der Waals surface area contributed by atoms with Crippen LogP contribution in [0.5, 0.6) is 0 Å². The lowest BCUT2D eigenvalue weighted by Crippen LogP contribution is -2.45. The van der Waals surface area contributed by atoms with E-state index in [1.165, 1.54) is 43.3 Å². The molecule has 38 heavy (non-hydrogen) atoms. The summed E-state index contributed by atoms with van der Waals surface area (Å²) in [6.07, 6.45) is 3.07. The maximum atomic E-state index is 12.7. The summed E-state index contributed by atoms with van der Waals surface area (Å²) in [5.74, 6) is -4.89. The number of piperidine rings is 1. The number of nitrogens with one attached hydrogen (secondary N) is 2. The van der Waals surface area contributed by atoms with Crippen LogP contribution in [0.25, 0.3) is 10.9 Å². The Morgan fingerprint density at radius 2 is 1.63 bits per heavy atom. The molecule has 1 atom stereocenters. The van der Waals surface area contributed by atoms with Crippen molar-refractivity contribution in [2.24, 2.45) is 0 Å². The first-order valence-electron chi connectivity index (χ1n) is 12.8. The lowest BCUT2D eigenvalue weighted by molar-refractivity contribution is -0.170. The zero-order valence-electron chi connectivity index (χ0n) is 22.2. The van der Waals surface area contributed by atoms with E-state index in [1.54, 1.807) is 0 Å². The molecule has 1 aliphatic rings. The summed E-state index contributed by atoms with van der Waals surface area (Å²) >= 11 is 0. The van der Waals surface area contributed by atoms with Gasteiger partial charge in [0.25, 0.3) is 0 Å². The number of carbonyl (C=O) groups is 4. The van der Waals surface area contributed by atoms with E-state index in [-0.39, 0.29) is 11.9 Å². The quantitative estimate of drug-likeness (QED) is 0.253. The fourth-order valence-electron chi connectivity index (χ4n) is 4.61. The molecule has 6 N–H and O–H groups in total. The summed E-state index contributed by atoms with van der Waals surface area (Å²) in [6, 6.07) is 6.63. The van der Waals surface area contributed by atoms with Crippen LogP contribution in [0.2, 0.25) is 0 Å². The summed E-state index contributed by atoms with van der Waals surface area (Å²) in [6.45, 7) is 9.64. The maximum absolute atomic E-state index is 12.7. The zero-order chi connectivity index (χ0) is 28.5. The van der Waals surface area contributed by atoms with Gasteiger partial charge in [-0.15, -0.1) is 0 Å². The maximum Gasteiger partial charge on any atom is 0.336 e. The van der Waals surface area contributed by atoms with Crippen LogP contribution in [0.15, 0.2) is 18.2 Å². The smallest absolute Gasteiger partial charge is 0.336 e. The second-order valence-corrected chi connectivity index (χ2v) is 9.97. The van der Waals surface area contributed by atoms with E-state index >= 15 is 0 Å². The van der Waals surface area contributed by atoms with Gasteiger partial charge in [0.05, 0.1) is 19.3 Å². The molecule has 1 amide bonds. The highest BCUT2D eigenvalue weighted by atomic mass is 16.4. The van der Waals surface area contributed by atoms with Crippen LogP contribution in [-0.4, -0.2) is 85.4 Å². The van der Waals surface area contributed by atoms with Crippen LogP contribution in [0.1, 0.15) is 62.3 Å². The summed E-state index contributed by atoms with van der Waals surface area (Å²) in [5.41, 5.74) is 1.83. The monoisotopic (exact) mass is 533 g/mol. The van der Waals surface area contributed by atoms with Crippen LogP contribution in [0.3, 0.4) is 0 Å². The molecule has 2 aromatic rings. The van der Waals surface area contributed by atoms with Crippen molar-refractivity contribution in [2.45, 2.75) is 77.4 Å². The van der Waals surface area contributed by atoms with Crippen molar-refractivity contribution in [1.29, 1.82) is 0 Å². The van der Waals surface area contributed by atoms with Gasteiger partial charge in [-0.2, -0.15) is 0 Å². The van der Waals surface area contributed by atoms with Gasteiger partial charge in [0.2, 0.25) is 5.91 Å². The Kier molecular flexibility index (Phi) is 11.3. The Morgan fingerprint density at radius 3 is 2.16 bits per heavy atom. The van der Waals surface area contributed by atoms with E-state index in [2.05, 4.69) is 54.2 Å². The molecule has 0 spiro atoms. The number of aryl methyl sites for hydroxylation is 2. The molecule has 11 nitrogen and oxygen atoms in total. The van der Waals surface area contributed by atoms with Gasteiger partial charge >= 0.3 is 17.9 Å². The Hall–Kier alpha value is -3.44. The van der Waals surface area contributed by atoms with E-state index < -0.39 is 36.4 Å². The number of carboxylic acid groups (broad SMARTS) is 3. The third kappa shape index (κ3) is 9.14. The van der Waals surface area contributed by atoms with Crippen LogP contribution < -0.4 is 5.32 Å². The molecule has 210 valence electrons. The first-order valence-corrected chi connectivity index (χ1v) is 12.8. The number of aliphatic hydroxyl groups is 1. The number of nitrogens with zero attached hydrogens (tertiary/aromatic N) is 1. The molecule has 1 unspecified atom stereocenters. The van der Waals surface area contributed by atoms with Crippen LogP contribution in [0, 0.1) is 13.8 Å². The second kappa shape index (κ2) is 13.9. The Morgan fingerprint density at radius 1 is 1.03 bits per heavy atom. The molecule has 0 radical (unpaired) electrons. The number of amides is 1. The predicted octanol–water partition coefficient (Wildman–Crippen LogP) is 2.46. The van der Waals surface area contributed by atoms with Gasteiger partial charge in [0.1, 0.15) is 0 Å². The van der Waals surface area contributed by atoms with Gasteiger partial charge in [0.15, 0.2) is 5.60 Å². The van der Waals surface area contributed by atoms with Crippen LogP contribution in [0.4, 0.5) is 0 Å². The minimum Gasteiger partial charge on any atom is -0.481 e. The van der Waals surface area contributed by atoms with Crippen molar-refractivity contribution in [3.05, 3.63) is 35.0 Å². The van der Waals surface area contributed by atoms with Crippen molar-refractivity contribution in [3.63, 3.8) is 0 Å². The number of H-pyrrole nitrogens is 1. The normalized spacial score (nSPS) is 14.8. The number of hydrogen-bond acceptors (Lipinski definition) is 6. The lowest BCUT2D eigenvalue weighted by atomic mass is 9.96. The van der Waals surface area contributed by atoms with Gasteiger partial charge in [-0.25, -0.2) is 4.79 Å². The van der Waals surface area contributed by atoms with Crippen LogP contribution in [-0.2, 0) is 25.6 Å². The molecule has 1 saturated heterocycles. The van der Waals surface area contributed by atoms with E-state index in [9.17, 15) is 19.2 Å². The number of hydrogen-bond donors (Lipinski definition) is 6. The standard InChI is InChI=1S/C21H31N3O.C6H8O7/c1-4-17(14-24-10-6-5-7-11-24)23-21(25)13-18-16(3)22-20-9-8-15(2)12-19(18)20;7-3(8)1-6(13,5(11)12)2-4(9)10/h8-9,12,17,22H,4-7,10-11,13-14H2,1-3H3,(H,23,25);13H,1-2H2,(H,7,8)(H,9,10)(H,11,12). The minimum absolute atomic E-state index is 0.134. The molecular formula is C27H39N3O8. The van der Waals surface area contributed by atoms with E-state index in [1.807, 2.05) is 0 Å². The highest BCUT2D eigenvalue weighted by Crippen LogP contribution is 2.24. The van der Waals surface area contributed by atoms with Gasteiger partial charge in [-0.05, 0) is 63.9 Å². The predicted molar refractivity (Wildman–Crippen MR) is 141 cm³/mol. The molecule has 2 heterocycles. The average molecular weight is 534 g/mol. The summed E-state index contributed by atoms with van der Waals surface area (Å²) in [7, 11) is 0. The van der Waals surface area contributed by atoms with Crippen molar-refractivity contribution in [3.8, 4) is 0 Å². The number of carbonyl (C=O) groups excluding carboxylic acids is 1. The number of benzene rings is 1. The topological polar surface area (TPSA) is 180 Å². The molecule has 1 aliphatic heterocycles. The molecule has 0 aliphatic carbocycles. The van der Waals surface area contributed by atoms with Gasteiger partial charge in [0, 0.05) is 29.2 Å². The molecular weight excluding hydrogens is 494 g/mol. The fourth-order valence-corrected chi connectivity index (χ4v) is 4.61. The molecule has 0 bridgehead atoms. The van der Waals surface area contributed by atoms with Gasteiger partial charge in [-0.1, -0.05) is 25.0 Å². The summed E-state index contributed by atoms with van der Waals surface area (Å²) in [5, 5.41) is 38.3. The van der Waals surface area contributed by atoms with Crippen LogP contribution >= 0.6 is 0 Å². The number of aromatic nitrogens is 1. The van der Waals surface area contributed by atoms with Crippen molar-refractivity contribution in [1.82, 2.24) is 15.2 Å². The Bertz CT molecular complexity index is 1120. The summed E-state index contributed by atoms with van der Waals surface area (Å²) < 4.78 is 0. The number of aliphatic carboxylic acids is 3. The molecule has 1 fully saturated rings. The molecule has 0 saturated carbocycles. The third-order valence-corrected chi connectivity index (χ3v) is 6.68. The van der Waals surface area contributed by atoms with E-state index in [0.717, 1.165) is 29.7 Å². The van der Waals surface area contributed by atoms with Gasteiger partial charge in [-0.3, -0.25) is 14.4 Å². The minimum atomic E-state index is -2.74. The lowest BCUT2D eigenvalue weighted by Gasteiger charge is -2.30. The van der Waals surface area contributed by atoms with Crippen molar-refractivity contribution < 1.29 is 39.6 Å². The third-order valence-electron chi connectivity index (χ3n) is 6.68. The number of likely N-dealkylation sites (tertiary alicyclic amines) is 1. The first kappa shape index (κ1) is 30.8. The summed E-state index contributed by atoms with van der Waals surface area (Å²) in [4.78, 5) is 49.0. The SMILES string of the molecule is CCC(CN1CCCCC1)NC(=O)Cc1c(C)[nH]c2ccc(C)cc12.O=C(O)CC(O)(CC(=O)O)C(=O)O. The van der Waals surface area contributed by atoms with E-state index in [4.69, 9.17) is 20.4 Å². The largest absolute Gasteiger partial charge is 0.481 e. The number of carboxylic acids is 3. The Balaban J connectivity index is 0.000000332. The number of aromatic amines is 1. The number of fused-ring (bicyclic) bond motifs is 1. The molecule has 1 aromatic heterocycles. The fraction of sp³-hybridized carbons (Fsp3) is 0.556. The van der Waals surface area contributed by atoms with Crippen molar-refractivity contribution >= 4 is 34.7 Å². The molecule has 11 heteroatoms. The van der Waals surface area contributed by atoms with Gasteiger partial charge < -0.3 is 35.6 Å². The second-order valence-electron chi connectivity index (χ2n) is 9.97. The highest BCUT2D eigenvalue weighted by Gasteiger charge is 2.40. The Labute approximate surface area is 221 Å². The number of rotatable bonds is 11. The van der Waals surface area contributed by atoms with E-state index in [0.29, 0.717) is 6.42 Å².